The average molecular weight is 503 g/mol. The maximum atomic E-state index is 5.48. The van der Waals surface area contributed by atoms with Crippen LogP contribution in [0.3, 0.4) is 0 Å². The van der Waals surface area contributed by atoms with Crippen molar-refractivity contribution in [1.29, 1.82) is 0 Å². The molecule has 0 bridgehead atoms. The molecule has 1 N–H and O–H groups in total. The second-order valence-electron chi connectivity index (χ2n) is 5.98. The first-order valence-electron chi connectivity index (χ1n) is 9.14. The number of rotatable bonds is 9. The van der Waals surface area contributed by atoms with Crippen LogP contribution in [0.4, 0.5) is 0 Å². The number of methoxy groups -OCH3 is 1. The van der Waals surface area contributed by atoms with Crippen LogP contribution in [0, 0.1) is 0 Å². The van der Waals surface area contributed by atoms with Crippen molar-refractivity contribution < 1.29 is 14.0 Å². The lowest BCUT2D eigenvalue weighted by Gasteiger charge is -2.22. The molecule has 0 fully saturated rings. The number of para-hydroxylation sites is 1. The van der Waals surface area contributed by atoms with E-state index in [0.717, 1.165) is 23.8 Å². The van der Waals surface area contributed by atoms with Crippen molar-refractivity contribution in [3.05, 3.63) is 41.5 Å². The van der Waals surface area contributed by atoms with E-state index in [1.54, 1.807) is 7.11 Å². The largest absolute Gasteiger partial charge is 0.496 e. The fourth-order valence-electron chi connectivity index (χ4n) is 2.60. The van der Waals surface area contributed by atoms with E-state index in [1.165, 1.54) is 0 Å². The van der Waals surface area contributed by atoms with Crippen LogP contribution in [0.25, 0.3) is 0 Å². The number of aromatic nitrogens is 2. The van der Waals surface area contributed by atoms with Crippen LogP contribution in [0.15, 0.2) is 33.8 Å². The van der Waals surface area contributed by atoms with E-state index in [-0.39, 0.29) is 30.1 Å². The number of benzene rings is 1. The zero-order valence-corrected chi connectivity index (χ0v) is 19.5. The minimum Gasteiger partial charge on any atom is -0.496 e. The second-order valence-corrected chi connectivity index (χ2v) is 5.98. The number of aliphatic imine (C=N–C) groups is 1. The smallest absolute Gasteiger partial charge is 0.248 e. The third-order valence-corrected chi connectivity index (χ3v) is 3.92. The first-order chi connectivity index (χ1) is 13.1. The monoisotopic (exact) mass is 503 g/mol. The highest BCUT2D eigenvalue weighted by Crippen LogP contribution is 2.19. The lowest BCUT2D eigenvalue weighted by molar-refractivity contribution is 0.0683. The molecule has 0 spiro atoms. The molecule has 28 heavy (non-hydrogen) atoms. The number of nitrogens with one attached hydrogen (secondary N) is 1. The van der Waals surface area contributed by atoms with Gasteiger partial charge in [0.2, 0.25) is 5.89 Å². The molecule has 0 aliphatic rings. The standard InChI is InChI=1S/C19H29N5O3.HI/c1-6-20-19(24(4)13-15-10-8-9-11-16(15)25-5)21-12-17-22-18(23-27-17)14(3)26-7-2;/h8-11,14H,6-7,12-13H2,1-5H3,(H,20,21);1H. The number of hydrogen-bond acceptors (Lipinski definition) is 6. The van der Waals surface area contributed by atoms with Crippen LogP contribution < -0.4 is 10.1 Å². The van der Waals surface area contributed by atoms with Crippen LogP contribution >= 0.6 is 24.0 Å². The highest BCUT2D eigenvalue weighted by atomic mass is 127. The summed E-state index contributed by atoms with van der Waals surface area (Å²) in [6, 6.07) is 7.94. The summed E-state index contributed by atoms with van der Waals surface area (Å²) in [6.07, 6.45) is -0.196. The minimum absolute atomic E-state index is 0. The van der Waals surface area contributed by atoms with Gasteiger partial charge in [-0.3, -0.25) is 0 Å². The van der Waals surface area contributed by atoms with Gasteiger partial charge in [0.25, 0.3) is 0 Å². The van der Waals surface area contributed by atoms with E-state index < -0.39 is 0 Å². The number of hydrogen-bond donors (Lipinski definition) is 1. The SMILES string of the molecule is CCNC(=NCc1nc(C(C)OCC)no1)N(C)Cc1ccccc1OC.I. The molecule has 0 saturated heterocycles. The molecule has 8 nitrogen and oxygen atoms in total. The molecule has 1 unspecified atom stereocenters. The average Bonchev–Trinajstić information content (AvgIpc) is 3.15. The van der Waals surface area contributed by atoms with E-state index in [2.05, 4.69) is 20.4 Å². The van der Waals surface area contributed by atoms with Crippen LogP contribution in [0.1, 0.15) is 44.2 Å². The summed E-state index contributed by atoms with van der Waals surface area (Å²) >= 11 is 0. The highest BCUT2D eigenvalue weighted by molar-refractivity contribution is 14.0. The van der Waals surface area contributed by atoms with Gasteiger partial charge in [0.1, 0.15) is 18.4 Å². The van der Waals surface area contributed by atoms with E-state index in [0.29, 0.717) is 31.4 Å². The van der Waals surface area contributed by atoms with Crippen molar-refractivity contribution in [3.8, 4) is 5.75 Å². The molecule has 0 saturated carbocycles. The third kappa shape index (κ3) is 6.93. The van der Waals surface area contributed by atoms with Gasteiger partial charge in [-0.05, 0) is 26.8 Å². The molecule has 2 rings (SSSR count). The van der Waals surface area contributed by atoms with Crippen LogP contribution in [-0.2, 0) is 17.8 Å². The van der Waals surface area contributed by atoms with Crippen molar-refractivity contribution >= 4 is 29.9 Å². The number of ether oxygens (including phenoxy) is 2. The minimum atomic E-state index is -0.196. The lowest BCUT2D eigenvalue weighted by Crippen LogP contribution is -2.38. The Hall–Kier alpha value is -1.88. The van der Waals surface area contributed by atoms with Crippen molar-refractivity contribution in [1.82, 2.24) is 20.4 Å². The first-order valence-corrected chi connectivity index (χ1v) is 9.14. The van der Waals surface area contributed by atoms with E-state index in [9.17, 15) is 0 Å². The Morgan fingerprint density at radius 2 is 2.07 bits per heavy atom. The number of nitrogens with zero attached hydrogens (tertiary/aromatic N) is 4. The lowest BCUT2D eigenvalue weighted by atomic mass is 10.2. The third-order valence-electron chi connectivity index (χ3n) is 3.92. The summed E-state index contributed by atoms with van der Waals surface area (Å²) in [7, 11) is 3.65. The summed E-state index contributed by atoms with van der Waals surface area (Å²) in [5.74, 6) is 2.60. The fraction of sp³-hybridized carbons (Fsp3) is 0.526. The molecular weight excluding hydrogens is 473 g/mol. The maximum Gasteiger partial charge on any atom is 0.248 e. The number of halogens is 1. The van der Waals surface area contributed by atoms with Gasteiger partial charge in [-0.2, -0.15) is 4.98 Å². The Morgan fingerprint density at radius 3 is 2.75 bits per heavy atom. The predicted octanol–water partition coefficient (Wildman–Crippen LogP) is 3.39. The Labute approximate surface area is 183 Å². The molecule has 9 heteroatoms. The summed E-state index contributed by atoms with van der Waals surface area (Å²) in [5, 5.41) is 7.24. The molecule has 1 aromatic heterocycles. The molecule has 0 aliphatic carbocycles. The Kier molecular flexibility index (Phi) is 10.8. The van der Waals surface area contributed by atoms with Gasteiger partial charge in [0.05, 0.1) is 7.11 Å². The highest BCUT2D eigenvalue weighted by Gasteiger charge is 2.14. The van der Waals surface area contributed by atoms with Crippen LogP contribution in [-0.4, -0.2) is 48.3 Å². The summed E-state index contributed by atoms with van der Waals surface area (Å²) < 4.78 is 16.2. The van der Waals surface area contributed by atoms with Crippen molar-refractivity contribution in [2.45, 2.75) is 40.0 Å². The fourth-order valence-corrected chi connectivity index (χ4v) is 2.60. The van der Waals surface area contributed by atoms with Crippen molar-refractivity contribution in [2.75, 3.05) is 27.3 Å². The van der Waals surface area contributed by atoms with Gasteiger partial charge >= 0.3 is 0 Å². The maximum absolute atomic E-state index is 5.48. The van der Waals surface area contributed by atoms with E-state index in [4.69, 9.17) is 14.0 Å². The Balaban J connectivity index is 0.00000392. The molecule has 156 valence electrons. The van der Waals surface area contributed by atoms with Crippen molar-refractivity contribution in [2.24, 2.45) is 4.99 Å². The summed E-state index contributed by atoms with van der Waals surface area (Å²) in [6.45, 7) is 8.17. The Morgan fingerprint density at radius 1 is 1.32 bits per heavy atom. The summed E-state index contributed by atoms with van der Waals surface area (Å²) in [4.78, 5) is 11.0. The zero-order chi connectivity index (χ0) is 19.6. The predicted molar refractivity (Wildman–Crippen MR) is 119 cm³/mol. The van der Waals surface area contributed by atoms with Gasteiger partial charge in [0.15, 0.2) is 11.8 Å². The number of guanidine groups is 1. The second kappa shape index (κ2) is 12.6. The zero-order valence-electron chi connectivity index (χ0n) is 17.1. The molecule has 1 heterocycles. The molecule has 0 radical (unpaired) electrons. The molecular formula is C19H30IN5O3. The molecule has 1 atom stereocenters. The summed E-state index contributed by atoms with van der Waals surface area (Å²) in [5.41, 5.74) is 1.08. The normalized spacial score (nSPS) is 12.2. The van der Waals surface area contributed by atoms with Crippen LogP contribution in [0.5, 0.6) is 5.75 Å². The van der Waals surface area contributed by atoms with Gasteiger partial charge in [0, 0.05) is 32.3 Å². The quantitative estimate of drug-likeness (QED) is 0.319. The topological polar surface area (TPSA) is 85.0 Å². The molecule has 0 amide bonds. The van der Waals surface area contributed by atoms with Gasteiger partial charge in [-0.15, -0.1) is 24.0 Å². The molecule has 1 aromatic carbocycles. The van der Waals surface area contributed by atoms with Crippen LogP contribution in [0.2, 0.25) is 0 Å². The molecule has 0 aliphatic heterocycles. The van der Waals surface area contributed by atoms with Gasteiger partial charge in [-0.1, -0.05) is 23.4 Å². The van der Waals surface area contributed by atoms with Gasteiger partial charge < -0.3 is 24.2 Å². The van der Waals surface area contributed by atoms with E-state index in [1.807, 2.05) is 57.0 Å². The van der Waals surface area contributed by atoms with Crippen molar-refractivity contribution in [3.63, 3.8) is 0 Å². The van der Waals surface area contributed by atoms with E-state index >= 15 is 0 Å². The first kappa shape index (κ1) is 24.2. The Bertz CT molecular complexity index is 738. The van der Waals surface area contributed by atoms with Gasteiger partial charge in [-0.25, -0.2) is 4.99 Å². The molecule has 2 aromatic rings.